The zero-order valence-electron chi connectivity index (χ0n) is 12.1. The lowest BCUT2D eigenvalue weighted by Crippen LogP contribution is -2.24. The summed E-state index contributed by atoms with van der Waals surface area (Å²) in [5.41, 5.74) is 2.93. The van der Waals surface area contributed by atoms with Crippen LogP contribution >= 0.6 is 0 Å². The van der Waals surface area contributed by atoms with Gasteiger partial charge in [0.05, 0.1) is 12.2 Å². The van der Waals surface area contributed by atoms with Crippen molar-refractivity contribution in [1.29, 1.82) is 0 Å². The zero-order chi connectivity index (χ0) is 15.2. The Morgan fingerprint density at radius 2 is 2.24 bits per heavy atom. The van der Waals surface area contributed by atoms with Crippen molar-refractivity contribution in [2.45, 2.75) is 13.5 Å². The van der Waals surface area contributed by atoms with Gasteiger partial charge in [-0.3, -0.25) is 9.48 Å². The Morgan fingerprint density at radius 3 is 2.90 bits per heavy atom. The van der Waals surface area contributed by atoms with Crippen molar-refractivity contribution >= 4 is 5.91 Å². The molecule has 2 aromatic rings. The Morgan fingerprint density at radius 1 is 1.43 bits per heavy atom. The molecular formula is C16H17N3O2. The summed E-state index contributed by atoms with van der Waals surface area (Å²) in [6, 6.07) is 7.22. The van der Waals surface area contributed by atoms with Crippen LogP contribution in [0.4, 0.5) is 0 Å². The molecule has 108 valence electrons. The second kappa shape index (κ2) is 6.73. The molecule has 0 fully saturated rings. The maximum Gasteiger partial charge on any atom is 0.251 e. The molecule has 0 unspecified atom stereocenters. The predicted molar refractivity (Wildman–Crippen MR) is 79.5 cm³/mol. The SMILES string of the molecule is Cc1c(C#CCO)cccc1C(=O)NCc1ccn(C)n1. The van der Waals surface area contributed by atoms with Crippen molar-refractivity contribution in [2.24, 2.45) is 7.05 Å². The third-order valence-electron chi connectivity index (χ3n) is 3.08. The Hall–Kier alpha value is -2.58. The number of carbonyl (C=O) groups is 1. The van der Waals surface area contributed by atoms with E-state index in [0.717, 1.165) is 16.8 Å². The Labute approximate surface area is 123 Å². The van der Waals surface area contributed by atoms with Crippen LogP contribution in [0.2, 0.25) is 0 Å². The number of aryl methyl sites for hydroxylation is 1. The highest BCUT2D eigenvalue weighted by Crippen LogP contribution is 2.13. The molecule has 0 atom stereocenters. The van der Waals surface area contributed by atoms with Gasteiger partial charge in [0.25, 0.3) is 5.91 Å². The molecular weight excluding hydrogens is 266 g/mol. The van der Waals surface area contributed by atoms with Gasteiger partial charge in [0.15, 0.2) is 0 Å². The van der Waals surface area contributed by atoms with Crippen LogP contribution in [-0.2, 0) is 13.6 Å². The molecule has 0 aliphatic heterocycles. The van der Waals surface area contributed by atoms with E-state index in [1.807, 2.05) is 32.3 Å². The van der Waals surface area contributed by atoms with Gasteiger partial charge in [-0.2, -0.15) is 5.10 Å². The van der Waals surface area contributed by atoms with E-state index in [-0.39, 0.29) is 12.5 Å². The lowest BCUT2D eigenvalue weighted by atomic mass is 10.0. The lowest BCUT2D eigenvalue weighted by molar-refractivity contribution is 0.0949. The van der Waals surface area contributed by atoms with Crippen molar-refractivity contribution < 1.29 is 9.90 Å². The molecule has 0 saturated carbocycles. The summed E-state index contributed by atoms with van der Waals surface area (Å²) in [5, 5.41) is 15.8. The molecule has 1 aromatic heterocycles. The molecule has 0 bridgehead atoms. The summed E-state index contributed by atoms with van der Waals surface area (Å²) in [6.45, 7) is 2.03. The largest absolute Gasteiger partial charge is 0.384 e. The minimum atomic E-state index is -0.199. The van der Waals surface area contributed by atoms with Crippen LogP contribution in [-0.4, -0.2) is 27.4 Å². The van der Waals surface area contributed by atoms with Gasteiger partial charge in [0.1, 0.15) is 6.61 Å². The summed E-state index contributed by atoms with van der Waals surface area (Å²) in [6.07, 6.45) is 1.83. The van der Waals surface area contributed by atoms with E-state index < -0.39 is 0 Å². The topological polar surface area (TPSA) is 67.2 Å². The molecule has 2 N–H and O–H groups in total. The summed E-state index contributed by atoms with van der Waals surface area (Å²) in [4.78, 5) is 12.2. The predicted octanol–water partition coefficient (Wildman–Crippen LogP) is 1.00. The zero-order valence-corrected chi connectivity index (χ0v) is 12.1. The minimum Gasteiger partial charge on any atom is -0.384 e. The van der Waals surface area contributed by atoms with Crippen LogP contribution in [0.1, 0.15) is 27.2 Å². The second-order valence-electron chi connectivity index (χ2n) is 4.60. The standard InChI is InChI=1S/C16H17N3O2/c1-12-13(6-4-10-20)5-3-7-15(12)16(21)17-11-14-8-9-19(2)18-14/h3,5,7-9,20H,10-11H2,1-2H3,(H,17,21). The molecule has 5 heteroatoms. The normalized spacial score (nSPS) is 9.86. The van der Waals surface area contributed by atoms with E-state index >= 15 is 0 Å². The maximum atomic E-state index is 12.2. The van der Waals surface area contributed by atoms with Gasteiger partial charge in [-0.05, 0) is 30.7 Å². The fourth-order valence-corrected chi connectivity index (χ4v) is 1.98. The number of benzene rings is 1. The first-order valence-corrected chi connectivity index (χ1v) is 6.58. The molecule has 0 aliphatic rings. The first kappa shape index (κ1) is 14.8. The molecule has 0 saturated heterocycles. The highest BCUT2D eigenvalue weighted by Gasteiger charge is 2.11. The summed E-state index contributed by atoms with van der Waals surface area (Å²) in [5.74, 6) is 5.27. The highest BCUT2D eigenvalue weighted by atomic mass is 16.2. The van der Waals surface area contributed by atoms with Crippen molar-refractivity contribution in [3.63, 3.8) is 0 Å². The Bertz CT molecular complexity index is 708. The van der Waals surface area contributed by atoms with Crippen LogP contribution in [0.3, 0.4) is 0 Å². The van der Waals surface area contributed by atoms with Crippen LogP contribution in [0.15, 0.2) is 30.5 Å². The van der Waals surface area contributed by atoms with E-state index in [0.29, 0.717) is 12.1 Å². The third-order valence-corrected chi connectivity index (χ3v) is 3.08. The molecule has 0 spiro atoms. The quantitative estimate of drug-likeness (QED) is 0.826. The molecule has 0 radical (unpaired) electrons. The molecule has 1 amide bonds. The number of rotatable bonds is 3. The van der Waals surface area contributed by atoms with E-state index in [9.17, 15) is 4.79 Å². The number of amides is 1. The fourth-order valence-electron chi connectivity index (χ4n) is 1.98. The molecule has 2 rings (SSSR count). The molecule has 5 nitrogen and oxygen atoms in total. The van der Waals surface area contributed by atoms with Gasteiger partial charge >= 0.3 is 0 Å². The lowest BCUT2D eigenvalue weighted by Gasteiger charge is -2.08. The Balaban J connectivity index is 2.12. The first-order chi connectivity index (χ1) is 10.1. The van der Waals surface area contributed by atoms with Crippen LogP contribution in [0, 0.1) is 18.8 Å². The minimum absolute atomic E-state index is 0.161. The van der Waals surface area contributed by atoms with Crippen molar-refractivity contribution in [3.8, 4) is 11.8 Å². The first-order valence-electron chi connectivity index (χ1n) is 6.58. The Kier molecular flexibility index (Phi) is 4.75. The van der Waals surface area contributed by atoms with Crippen molar-refractivity contribution in [2.75, 3.05) is 6.61 Å². The average Bonchev–Trinajstić information content (AvgIpc) is 2.89. The molecule has 21 heavy (non-hydrogen) atoms. The van der Waals surface area contributed by atoms with Gasteiger partial charge in [-0.25, -0.2) is 0 Å². The summed E-state index contributed by atoms with van der Waals surface area (Å²) < 4.78 is 1.69. The van der Waals surface area contributed by atoms with E-state index in [1.165, 1.54) is 0 Å². The van der Waals surface area contributed by atoms with E-state index in [2.05, 4.69) is 22.3 Å². The van der Waals surface area contributed by atoms with Gasteiger partial charge in [0.2, 0.25) is 0 Å². The van der Waals surface area contributed by atoms with Crippen molar-refractivity contribution in [3.05, 3.63) is 52.8 Å². The van der Waals surface area contributed by atoms with Gasteiger partial charge in [-0.15, -0.1) is 0 Å². The number of aliphatic hydroxyl groups is 1. The van der Waals surface area contributed by atoms with Gasteiger partial charge < -0.3 is 10.4 Å². The number of hydrogen-bond donors (Lipinski definition) is 2. The van der Waals surface area contributed by atoms with Gasteiger partial charge in [-0.1, -0.05) is 17.9 Å². The third kappa shape index (κ3) is 3.71. The highest BCUT2D eigenvalue weighted by molar-refractivity contribution is 5.96. The van der Waals surface area contributed by atoms with Crippen molar-refractivity contribution in [1.82, 2.24) is 15.1 Å². The summed E-state index contributed by atoms with van der Waals surface area (Å²) in [7, 11) is 1.83. The number of carbonyl (C=O) groups excluding carboxylic acids is 1. The second-order valence-corrected chi connectivity index (χ2v) is 4.60. The molecule has 0 aliphatic carbocycles. The smallest absolute Gasteiger partial charge is 0.251 e. The fraction of sp³-hybridized carbons (Fsp3) is 0.250. The number of nitrogens with zero attached hydrogens (tertiary/aromatic N) is 2. The van der Waals surface area contributed by atoms with Crippen LogP contribution in [0.5, 0.6) is 0 Å². The maximum absolute atomic E-state index is 12.2. The number of aromatic nitrogens is 2. The van der Waals surface area contributed by atoms with Crippen LogP contribution < -0.4 is 5.32 Å². The van der Waals surface area contributed by atoms with E-state index in [4.69, 9.17) is 5.11 Å². The van der Waals surface area contributed by atoms with Crippen LogP contribution in [0.25, 0.3) is 0 Å². The summed E-state index contributed by atoms with van der Waals surface area (Å²) >= 11 is 0. The number of aliphatic hydroxyl groups excluding tert-OH is 1. The molecule has 1 heterocycles. The monoisotopic (exact) mass is 283 g/mol. The van der Waals surface area contributed by atoms with Gasteiger partial charge in [0, 0.05) is 24.4 Å². The number of nitrogens with one attached hydrogen (secondary N) is 1. The molecule has 1 aromatic carbocycles. The van der Waals surface area contributed by atoms with E-state index in [1.54, 1.807) is 16.8 Å². The average molecular weight is 283 g/mol. The number of hydrogen-bond acceptors (Lipinski definition) is 3.